The van der Waals surface area contributed by atoms with Crippen LogP contribution in [0.3, 0.4) is 0 Å². The van der Waals surface area contributed by atoms with Crippen LogP contribution in [0.4, 0.5) is 4.79 Å². The second kappa shape index (κ2) is 33.1. The number of hydrogen-bond donors (Lipinski definition) is 18. The van der Waals surface area contributed by atoms with Gasteiger partial charge in [0.2, 0.25) is 47.3 Å². The van der Waals surface area contributed by atoms with Crippen LogP contribution in [-0.4, -0.2) is 194 Å². The van der Waals surface area contributed by atoms with E-state index in [9.17, 15) is 82.1 Å². The van der Waals surface area contributed by atoms with Gasteiger partial charge < -0.3 is 89.5 Å². The highest BCUT2D eigenvalue weighted by Gasteiger charge is 2.31. The van der Waals surface area contributed by atoms with Gasteiger partial charge in [0, 0.05) is 38.0 Å². The molecule has 0 aliphatic heterocycles. The van der Waals surface area contributed by atoms with Crippen molar-refractivity contribution in [3.8, 4) is 0 Å². The van der Waals surface area contributed by atoms with Gasteiger partial charge in [-0.25, -0.2) is 24.0 Å². The summed E-state index contributed by atoms with van der Waals surface area (Å²) in [4.78, 5) is 181. The van der Waals surface area contributed by atoms with Crippen LogP contribution in [0.1, 0.15) is 50.5 Å². The molecular formula is C41H57N11O21S. The highest BCUT2D eigenvalue weighted by atomic mass is 32.1. The van der Waals surface area contributed by atoms with E-state index in [1.807, 2.05) is 16.0 Å². The maximum Gasteiger partial charge on any atom is 0.327 e. The van der Waals surface area contributed by atoms with Gasteiger partial charge in [0.1, 0.15) is 42.3 Å². The number of nitrogens with one attached hydrogen (secondary N) is 10. The predicted molar refractivity (Wildman–Crippen MR) is 249 cm³/mol. The molecule has 0 aliphatic carbocycles. The fourth-order valence-corrected chi connectivity index (χ4v) is 6.07. The Kier molecular flexibility index (Phi) is 28.4. The summed E-state index contributed by atoms with van der Waals surface area (Å²) in [6, 6.07) is -4.43. The molecule has 0 saturated carbocycles. The number of hydrogen-bond acceptors (Lipinski definition) is 17. The molecule has 0 saturated heterocycles. The first-order chi connectivity index (χ1) is 34.7. The predicted octanol–water partition coefficient (Wildman–Crippen LogP) is -6.84. The molecule has 32 nitrogen and oxygen atoms in total. The van der Waals surface area contributed by atoms with Crippen molar-refractivity contribution in [3.63, 3.8) is 0 Å². The lowest BCUT2D eigenvalue weighted by molar-refractivity contribution is -0.143. The fraction of sp³-hybridized carbons (Fsp3) is 0.488. The number of amides is 10. The van der Waals surface area contributed by atoms with Crippen molar-refractivity contribution in [2.24, 2.45) is 5.73 Å². The van der Waals surface area contributed by atoms with Gasteiger partial charge in [-0.1, -0.05) is 30.3 Å². The van der Waals surface area contributed by atoms with Crippen LogP contribution in [0.2, 0.25) is 0 Å². The Hall–Kier alpha value is -8.62. The van der Waals surface area contributed by atoms with Gasteiger partial charge in [-0.05, 0) is 24.8 Å². The SMILES string of the molecule is N[C@@H](CNC(=O)CNC(=O)[C@H](Cc1ccccc1)NC(=O)CNC(=O)CC[C@@H](NC(=O)CNC(=O)CC[C@H](NC(=O)N[C@@H](CCC(=O)O)C(=O)O)C(=O)O)C(=O)O)C(=O)N[C@@H](CC(=O)O)C(=O)N[C@@H](CS)C(=O)O. The highest BCUT2D eigenvalue weighted by molar-refractivity contribution is 7.80. The quantitative estimate of drug-likeness (QED) is 0.0281. The van der Waals surface area contributed by atoms with E-state index < -0.39 is 203 Å². The molecule has 0 heterocycles. The number of aliphatic carboxylic acids is 6. The van der Waals surface area contributed by atoms with Gasteiger partial charge in [0.25, 0.3) is 0 Å². The average Bonchev–Trinajstić information content (AvgIpc) is 3.33. The van der Waals surface area contributed by atoms with E-state index in [1.165, 1.54) is 0 Å². The third-order valence-electron chi connectivity index (χ3n) is 9.72. The first kappa shape index (κ1) is 63.4. The zero-order valence-electron chi connectivity index (χ0n) is 39.0. The molecule has 0 unspecified atom stereocenters. The van der Waals surface area contributed by atoms with E-state index in [1.54, 1.807) is 30.3 Å². The van der Waals surface area contributed by atoms with Gasteiger partial charge in [0.15, 0.2) is 0 Å². The first-order valence-electron chi connectivity index (χ1n) is 21.8. The molecule has 18 N–H and O–H groups in total. The van der Waals surface area contributed by atoms with Crippen LogP contribution in [-0.2, 0) is 73.5 Å². The second-order valence-corrected chi connectivity index (χ2v) is 16.0. The molecule has 1 aromatic carbocycles. The summed E-state index contributed by atoms with van der Waals surface area (Å²) in [7, 11) is 0. The van der Waals surface area contributed by atoms with E-state index in [0.717, 1.165) is 0 Å². The number of carbonyl (C=O) groups excluding carboxylic acids is 9. The largest absolute Gasteiger partial charge is 0.481 e. The maximum atomic E-state index is 13.2. The number of carboxylic acids is 6. The Morgan fingerprint density at radius 1 is 0.446 bits per heavy atom. The summed E-state index contributed by atoms with van der Waals surface area (Å²) in [5, 5.41) is 76.5. The molecule has 74 heavy (non-hydrogen) atoms. The van der Waals surface area contributed by atoms with E-state index in [-0.39, 0.29) is 12.2 Å². The zero-order valence-corrected chi connectivity index (χ0v) is 39.8. The fourth-order valence-electron chi connectivity index (χ4n) is 5.82. The maximum absolute atomic E-state index is 13.2. The second-order valence-electron chi connectivity index (χ2n) is 15.6. The Balaban J connectivity index is 2.71. The van der Waals surface area contributed by atoms with Gasteiger partial charge >= 0.3 is 41.8 Å². The topological polar surface area (TPSA) is 524 Å². The minimum atomic E-state index is -1.76. The lowest BCUT2D eigenvalue weighted by Crippen LogP contribution is -2.57. The molecule has 1 aromatic rings. The standard InChI is InChI=1S/C41H57N11O21S/c42-20(34(62)49-25(13-33(60)61)36(64)50-26(18-74)40(71)72)14-43-29(55)15-46-35(63)24(12-19-4-2-1-3-5-19)48-31(57)17-45-27(53)9-6-21(37(65)66)47-30(56)16-44-28(54)10-7-22(38(67)68)51-41(73)52-23(39(69)70)8-11-32(58)59/h1-5,20-26,74H,6-18,42H2,(H,43,55)(H,44,54)(H,45,53)(H,46,63)(H,47,56)(H,48,57)(H,49,62)(H,50,64)(H,58,59)(H,60,61)(H,65,66)(H,67,68)(H,69,70)(H,71,72)(H2,51,52,73)/t20-,21+,22-,23-,24-,25-,26-/m0/s1. The van der Waals surface area contributed by atoms with Crippen molar-refractivity contribution in [1.29, 1.82) is 0 Å². The Morgan fingerprint density at radius 3 is 1.35 bits per heavy atom. The Labute approximate surface area is 423 Å². The van der Waals surface area contributed by atoms with Crippen LogP contribution < -0.4 is 58.9 Å². The summed E-state index contributed by atoms with van der Waals surface area (Å²) in [5.41, 5.74) is 6.33. The Morgan fingerprint density at radius 2 is 0.892 bits per heavy atom. The lowest BCUT2D eigenvalue weighted by Gasteiger charge is -2.21. The summed E-state index contributed by atoms with van der Waals surface area (Å²) in [6.45, 7) is -2.88. The summed E-state index contributed by atoms with van der Waals surface area (Å²) in [6.07, 6.45) is -4.51. The van der Waals surface area contributed by atoms with Crippen LogP contribution in [0.15, 0.2) is 30.3 Å². The number of carbonyl (C=O) groups is 15. The van der Waals surface area contributed by atoms with Crippen molar-refractivity contribution >= 4 is 102 Å². The van der Waals surface area contributed by atoms with E-state index in [0.29, 0.717) is 5.56 Å². The third kappa shape index (κ3) is 26.6. The summed E-state index contributed by atoms with van der Waals surface area (Å²) >= 11 is 3.79. The molecule has 0 spiro atoms. The summed E-state index contributed by atoms with van der Waals surface area (Å²) in [5.74, 6) is -17.4. The van der Waals surface area contributed by atoms with E-state index in [4.69, 9.17) is 26.2 Å². The Bertz CT molecular complexity index is 2240. The number of thiol groups is 1. The first-order valence-corrected chi connectivity index (χ1v) is 22.4. The van der Waals surface area contributed by atoms with E-state index >= 15 is 0 Å². The number of benzene rings is 1. The molecule has 0 aromatic heterocycles. The van der Waals surface area contributed by atoms with Crippen molar-refractivity contribution in [1.82, 2.24) is 53.2 Å². The van der Waals surface area contributed by atoms with Gasteiger partial charge in [-0.3, -0.25) is 47.9 Å². The van der Waals surface area contributed by atoms with Crippen molar-refractivity contribution in [3.05, 3.63) is 35.9 Å². The van der Waals surface area contributed by atoms with Crippen LogP contribution >= 0.6 is 12.6 Å². The van der Waals surface area contributed by atoms with Gasteiger partial charge in [0.05, 0.1) is 26.1 Å². The minimum absolute atomic E-state index is 0.125. The number of rotatable bonds is 35. The van der Waals surface area contributed by atoms with E-state index in [2.05, 4.69) is 49.8 Å². The molecule has 0 radical (unpaired) electrons. The van der Waals surface area contributed by atoms with Crippen LogP contribution in [0.25, 0.3) is 0 Å². The molecule has 408 valence electrons. The van der Waals surface area contributed by atoms with Gasteiger partial charge in [-0.2, -0.15) is 12.6 Å². The molecule has 10 amide bonds. The smallest absolute Gasteiger partial charge is 0.327 e. The number of nitrogens with two attached hydrogens (primary N) is 1. The zero-order chi connectivity index (χ0) is 56.1. The molecule has 1 rings (SSSR count). The average molecular weight is 1070 g/mol. The third-order valence-corrected chi connectivity index (χ3v) is 10.1. The van der Waals surface area contributed by atoms with Gasteiger partial charge in [-0.15, -0.1) is 0 Å². The molecule has 33 heteroatoms. The molecular weight excluding hydrogens is 1010 g/mol. The lowest BCUT2D eigenvalue weighted by atomic mass is 10.1. The molecule has 0 aliphatic rings. The molecule has 0 fully saturated rings. The van der Waals surface area contributed by atoms with Crippen molar-refractivity contribution in [2.45, 2.75) is 93.7 Å². The minimum Gasteiger partial charge on any atom is -0.481 e. The van der Waals surface area contributed by atoms with Crippen LogP contribution in [0.5, 0.6) is 0 Å². The van der Waals surface area contributed by atoms with Crippen molar-refractivity contribution in [2.75, 3.05) is 31.9 Å². The number of urea groups is 1. The van der Waals surface area contributed by atoms with Crippen molar-refractivity contribution < 1.29 is 103 Å². The number of carboxylic acid groups (broad SMARTS) is 6. The normalized spacial score (nSPS) is 13.4. The summed E-state index contributed by atoms with van der Waals surface area (Å²) < 4.78 is 0. The molecule has 7 atom stereocenters. The van der Waals surface area contributed by atoms with Crippen LogP contribution in [0, 0.1) is 0 Å². The monoisotopic (exact) mass is 1070 g/mol. The molecule has 0 bridgehead atoms. The highest BCUT2D eigenvalue weighted by Crippen LogP contribution is 2.06.